The van der Waals surface area contributed by atoms with Crippen molar-refractivity contribution in [3.05, 3.63) is 0 Å². The zero-order chi connectivity index (χ0) is 14.9. The first kappa shape index (κ1) is 16.5. The van der Waals surface area contributed by atoms with Crippen molar-refractivity contribution >= 4 is 23.3 Å². The lowest BCUT2D eigenvalue weighted by atomic mass is 9.57. The third kappa shape index (κ3) is 4.79. The molecule has 0 aromatic carbocycles. The Hall–Kier alpha value is -0.570. The molecular formula is C15H26ClNO2. The molecule has 1 amide bonds. The molecule has 0 bridgehead atoms. The second-order valence-electron chi connectivity index (χ2n) is 7.70. The molecule has 0 aromatic rings. The highest BCUT2D eigenvalue weighted by Crippen LogP contribution is 2.51. The number of alkyl halides is 1. The number of ketones is 1. The summed E-state index contributed by atoms with van der Waals surface area (Å²) in [7, 11) is 0. The molecule has 1 aliphatic rings. The first-order chi connectivity index (χ1) is 8.49. The van der Waals surface area contributed by atoms with Gasteiger partial charge in [-0.25, -0.2) is 0 Å². The third-order valence-electron chi connectivity index (χ3n) is 3.70. The molecule has 0 saturated heterocycles. The molecule has 3 nitrogen and oxygen atoms in total. The van der Waals surface area contributed by atoms with Crippen LogP contribution in [0.4, 0.5) is 0 Å². The Kier molecular flexibility index (Phi) is 4.71. The summed E-state index contributed by atoms with van der Waals surface area (Å²) in [6, 6.07) is 0. The fraction of sp³-hybridized carbons (Fsp3) is 0.867. The molecule has 1 fully saturated rings. The SMILES string of the molecule is CC(=O)CC1(NC(=O)CCl)CC(C)(C)CC(C)(C)C1. The van der Waals surface area contributed by atoms with Gasteiger partial charge in [-0.15, -0.1) is 11.6 Å². The number of carbonyl (C=O) groups is 2. The van der Waals surface area contributed by atoms with Crippen LogP contribution in [0.3, 0.4) is 0 Å². The molecule has 0 heterocycles. The summed E-state index contributed by atoms with van der Waals surface area (Å²) in [4.78, 5) is 23.4. The van der Waals surface area contributed by atoms with Gasteiger partial charge in [0.1, 0.15) is 11.7 Å². The minimum Gasteiger partial charge on any atom is -0.349 e. The molecule has 1 aliphatic carbocycles. The zero-order valence-electron chi connectivity index (χ0n) is 12.7. The summed E-state index contributed by atoms with van der Waals surface area (Å²) in [6.45, 7) is 10.4. The van der Waals surface area contributed by atoms with Gasteiger partial charge >= 0.3 is 0 Å². The highest BCUT2D eigenvalue weighted by molar-refractivity contribution is 6.27. The molecule has 0 aliphatic heterocycles. The Morgan fingerprint density at radius 2 is 1.53 bits per heavy atom. The number of Topliss-reactive ketones (excluding diaryl/α,β-unsaturated/α-hetero) is 1. The number of hydrogen-bond donors (Lipinski definition) is 1. The van der Waals surface area contributed by atoms with Gasteiger partial charge in [-0.2, -0.15) is 0 Å². The van der Waals surface area contributed by atoms with Crippen LogP contribution < -0.4 is 5.32 Å². The van der Waals surface area contributed by atoms with Crippen molar-refractivity contribution in [2.24, 2.45) is 10.8 Å². The van der Waals surface area contributed by atoms with Crippen LogP contribution in [-0.4, -0.2) is 23.1 Å². The molecule has 1 saturated carbocycles. The van der Waals surface area contributed by atoms with E-state index in [1.165, 1.54) is 0 Å². The Bertz CT molecular complexity index is 358. The van der Waals surface area contributed by atoms with Crippen molar-refractivity contribution in [2.75, 3.05) is 5.88 Å². The lowest BCUT2D eigenvalue weighted by Gasteiger charge is -2.52. The summed E-state index contributed by atoms with van der Waals surface area (Å²) in [5.41, 5.74) is -0.226. The molecule has 110 valence electrons. The van der Waals surface area contributed by atoms with Crippen LogP contribution in [0, 0.1) is 10.8 Å². The fourth-order valence-corrected chi connectivity index (χ4v) is 4.45. The Labute approximate surface area is 121 Å². The van der Waals surface area contributed by atoms with Crippen LogP contribution in [0.5, 0.6) is 0 Å². The highest BCUT2D eigenvalue weighted by Gasteiger charge is 2.48. The maximum Gasteiger partial charge on any atom is 0.235 e. The molecule has 0 unspecified atom stereocenters. The van der Waals surface area contributed by atoms with Gasteiger partial charge in [0.15, 0.2) is 0 Å². The van der Waals surface area contributed by atoms with Crippen LogP contribution in [0.2, 0.25) is 0 Å². The Morgan fingerprint density at radius 1 is 1.05 bits per heavy atom. The van der Waals surface area contributed by atoms with Gasteiger partial charge in [-0.05, 0) is 37.0 Å². The molecule has 19 heavy (non-hydrogen) atoms. The topological polar surface area (TPSA) is 46.2 Å². The smallest absolute Gasteiger partial charge is 0.235 e. The number of rotatable bonds is 4. The fourth-order valence-electron chi connectivity index (χ4n) is 4.38. The largest absolute Gasteiger partial charge is 0.349 e. The van der Waals surface area contributed by atoms with Crippen molar-refractivity contribution in [3.63, 3.8) is 0 Å². The predicted molar refractivity (Wildman–Crippen MR) is 78.3 cm³/mol. The monoisotopic (exact) mass is 287 g/mol. The third-order valence-corrected chi connectivity index (χ3v) is 3.95. The van der Waals surface area contributed by atoms with E-state index in [0.29, 0.717) is 6.42 Å². The zero-order valence-corrected chi connectivity index (χ0v) is 13.5. The minimum absolute atomic E-state index is 0.0550. The van der Waals surface area contributed by atoms with Crippen molar-refractivity contribution < 1.29 is 9.59 Å². The molecule has 0 radical (unpaired) electrons. The molecule has 1 N–H and O–H groups in total. The first-order valence-corrected chi connectivity index (χ1v) is 7.39. The number of halogens is 1. The molecule has 0 atom stereocenters. The number of nitrogens with one attached hydrogen (secondary N) is 1. The molecular weight excluding hydrogens is 262 g/mol. The van der Waals surface area contributed by atoms with E-state index in [1.807, 2.05) is 0 Å². The van der Waals surface area contributed by atoms with E-state index in [2.05, 4.69) is 33.0 Å². The van der Waals surface area contributed by atoms with Gasteiger partial charge < -0.3 is 5.32 Å². The van der Waals surface area contributed by atoms with Gasteiger partial charge in [0.2, 0.25) is 5.91 Å². The molecule has 4 heteroatoms. The molecule has 0 aromatic heterocycles. The van der Waals surface area contributed by atoms with E-state index < -0.39 is 5.54 Å². The Morgan fingerprint density at radius 3 is 1.89 bits per heavy atom. The molecule has 1 rings (SSSR count). The van der Waals surface area contributed by atoms with E-state index in [4.69, 9.17) is 11.6 Å². The van der Waals surface area contributed by atoms with E-state index in [-0.39, 0.29) is 28.4 Å². The average Bonchev–Trinajstić information content (AvgIpc) is 2.09. The van der Waals surface area contributed by atoms with E-state index in [9.17, 15) is 9.59 Å². The summed E-state index contributed by atoms with van der Waals surface area (Å²) >= 11 is 5.61. The average molecular weight is 288 g/mol. The van der Waals surface area contributed by atoms with Gasteiger partial charge in [0.25, 0.3) is 0 Å². The van der Waals surface area contributed by atoms with E-state index in [0.717, 1.165) is 19.3 Å². The van der Waals surface area contributed by atoms with Crippen molar-refractivity contribution in [2.45, 2.75) is 65.8 Å². The minimum atomic E-state index is -0.441. The maximum atomic E-state index is 11.7. The van der Waals surface area contributed by atoms with Crippen LogP contribution in [-0.2, 0) is 9.59 Å². The van der Waals surface area contributed by atoms with Crippen molar-refractivity contribution in [3.8, 4) is 0 Å². The number of hydrogen-bond acceptors (Lipinski definition) is 2. The predicted octanol–water partition coefficient (Wildman–Crippen LogP) is 3.30. The second kappa shape index (κ2) is 5.43. The number of carbonyl (C=O) groups excluding carboxylic acids is 2. The van der Waals surface area contributed by atoms with Gasteiger partial charge in [0, 0.05) is 12.0 Å². The lowest BCUT2D eigenvalue weighted by Crippen LogP contribution is -2.57. The van der Waals surface area contributed by atoms with Crippen molar-refractivity contribution in [1.29, 1.82) is 0 Å². The summed E-state index contributed by atoms with van der Waals surface area (Å²) in [5, 5.41) is 3.03. The summed E-state index contributed by atoms with van der Waals surface area (Å²) in [6.07, 6.45) is 3.14. The van der Waals surface area contributed by atoms with Crippen LogP contribution >= 0.6 is 11.6 Å². The van der Waals surface area contributed by atoms with E-state index >= 15 is 0 Å². The second-order valence-corrected chi connectivity index (χ2v) is 7.97. The highest BCUT2D eigenvalue weighted by atomic mass is 35.5. The van der Waals surface area contributed by atoms with Gasteiger partial charge in [-0.1, -0.05) is 27.7 Å². The number of amides is 1. The quantitative estimate of drug-likeness (QED) is 0.807. The normalized spacial score (nSPS) is 23.7. The molecule has 0 spiro atoms. The van der Waals surface area contributed by atoms with E-state index in [1.54, 1.807) is 6.92 Å². The van der Waals surface area contributed by atoms with Gasteiger partial charge in [-0.3, -0.25) is 9.59 Å². The van der Waals surface area contributed by atoms with Crippen LogP contribution in [0.1, 0.15) is 60.3 Å². The lowest BCUT2D eigenvalue weighted by molar-refractivity contribution is -0.125. The first-order valence-electron chi connectivity index (χ1n) is 6.86. The van der Waals surface area contributed by atoms with Crippen molar-refractivity contribution in [1.82, 2.24) is 5.32 Å². The Balaban J connectivity index is 3.07. The maximum absolute atomic E-state index is 11.7. The summed E-state index contributed by atoms with van der Waals surface area (Å²) in [5.74, 6) is -0.125. The van der Waals surface area contributed by atoms with Crippen LogP contribution in [0.15, 0.2) is 0 Å². The van der Waals surface area contributed by atoms with Crippen LogP contribution in [0.25, 0.3) is 0 Å². The summed E-state index contributed by atoms with van der Waals surface area (Å²) < 4.78 is 0. The van der Waals surface area contributed by atoms with Gasteiger partial charge in [0.05, 0.1) is 0 Å². The standard InChI is InChI=1S/C15H26ClNO2/c1-11(18)6-15(17-12(19)7-16)9-13(2,3)8-14(4,5)10-15/h6-10H2,1-5H3,(H,17,19).